The van der Waals surface area contributed by atoms with Crippen LogP contribution in [0.25, 0.3) is 0 Å². The molecule has 2 aromatic rings. The van der Waals surface area contributed by atoms with E-state index in [9.17, 15) is 14.0 Å². The molecule has 6 heteroatoms. The number of nitrogens with one attached hydrogen (secondary N) is 1. The molecule has 0 bridgehead atoms. The fraction of sp³-hybridized carbons (Fsp3) is 0.263. The maximum atomic E-state index is 13.0. The average molecular weight is 345 g/mol. The lowest BCUT2D eigenvalue weighted by molar-refractivity contribution is -0.155. The van der Waals surface area contributed by atoms with E-state index in [2.05, 4.69) is 5.32 Å². The summed E-state index contributed by atoms with van der Waals surface area (Å²) in [6.45, 7) is 3.10. The molecule has 1 atom stereocenters. The normalized spacial score (nSPS) is 11.5. The topological polar surface area (TPSA) is 64.6 Å². The van der Waals surface area contributed by atoms with Crippen LogP contribution in [0.1, 0.15) is 19.4 Å². The summed E-state index contributed by atoms with van der Waals surface area (Å²) < 4.78 is 23.2. The van der Waals surface area contributed by atoms with E-state index in [0.29, 0.717) is 5.69 Å². The van der Waals surface area contributed by atoms with Crippen LogP contribution in [0.4, 0.5) is 10.1 Å². The molecule has 0 saturated carbocycles. The summed E-state index contributed by atoms with van der Waals surface area (Å²) in [5.74, 6) is -1.41. The van der Waals surface area contributed by atoms with Crippen molar-refractivity contribution in [1.82, 2.24) is 0 Å². The highest BCUT2D eigenvalue weighted by Gasteiger charge is 2.18. The lowest BCUT2D eigenvalue weighted by Crippen LogP contribution is -2.31. The number of ether oxygens (including phenoxy) is 2. The highest BCUT2D eigenvalue weighted by atomic mass is 19.1. The number of carbonyl (C=O) groups excluding carboxylic acids is 2. The monoisotopic (exact) mass is 345 g/mol. The zero-order chi connectivity index (χ0) is 18.2. The second-order valence-corrected chi connectivity index (χ2v) is 5.42. The van der Waals surface area contributed by atoms with E-state index >= 15 is 0 Å². The van der Waals surface area contributed by atoms with Crippen LogP contribution in [0.15, 0.2) is 48.5 Å². The minimum Gasteiger partial charge on any atom is -0.482 e. The van der Waals surface area contributed by atoms with Crippen LogP contribution in [-0.2, 0) is 20.7 Å². The summed E-state index contributed by atoms with van der Waals surface area (Å²) in [5.41, 5.74) is 1.79. The minimum absolute atomic E-state index is 0.213. The highest BCUT2D eigenvalue weighted by Crippen LogP contribution is 2.13. The van der Waals surface area contributed by atoms with Crippen molar-refractivity contribution in [3.05, 3.63) is 59.9 Å². The first-order valence-corrected chi connectivity index (χ1v) is 7.95. The number of benzene rings is 2. The van der Waals surface area contributed by atoms with Gasteiger partial charge in [-0.3, -0.25) is 4.79 Å². The Labute approximate surface area is 145 Å². The first-order valence-electron chi connectivity index (χ1n) is 7.95. The van der Waals surface area contributed by atoms with Gasteiger partial charge in [0, 0.05) is 11.8 Å². The number of rotatable bonds is 7. The van der Waals surface area contributed by atoms with Gasteiger partial charge in [-0.2, -0.15) is 0 Å². The molecule has 0 aliphatic carbocycles. The summed E-state index contributed by atoms with van der Waals surface area (Å²) >= 11 is 0. The van der Waals surface area contributed by atoms with Crippen LogP contribution < -0.4 is 10.1 Å². The Morgan fingerprint density at radius 2 is 1.88 bits per heavy atom. The first kappa shape index (κ1) is 18.4. The molecule has 5 nitrogen and oxygen atoms in total. The third-order valence-electron chi connectivity index (χ3n) is 3.46. The van der Waals surface area contributed by atoms with Crippen molar-refractivity contribution >= 4 is 17.6 Å². The van der Waals surface area contributed by atoms with E-state index < -0.39 is 30.4 Å². The molecule has 25 heavy (non-hydrogen) atoms. The maximum absolute atomic E-state index is 13.0. The molecule has 0 aliphatic rings. The largest absolute Gasteiger partial charge is 0.482 e. The van der Waals surface area contributed by atoms with Gasteiger partial charge in [0.1, 0.15) is 11.6 Å². The predicted molar refractivity (Wildman–Crippen MR) is 91.9 cm³/mol. The molecular formula is C19H20FNO4. The van der Waals surface area contributed by atoms with Crippen molar-refractivity contribution in [2.75, 3.05) is 11.9 Å². The summed E-state index contributed by atoms with van der Waals surface area (Å²) in [6.07, 6.45) is -0.0671. The van der Waals surface area contributed by atoms with Crippen molar-refractivity contribution in [2.24, 2.45) is 0 Å². The van der Waals surface area contributed by atoms with Gasteiger partial charge < -0.3 is 14.8 Å². The molecular weight excluding hydrogens is 325 g/mol. The zero-order valence-corrected chi connectivity index (χ0v) is 14.1. The van der Waals surface area contributed by atoms with Gasteiger partial charge in [-0.15, -0.1) is 0 Å². The van der Waals surface area contributed by atoms with E-state index in [1.807, 2.05) is 19.1 Å². The van der Waals surface area contributed by atoms with Crippen molar-refractivity contribution in [3.8, 4) is 5.75 Å². The third-order valence-corrected chi connectivity index (χ3v) is 3.46. The number of anilines is 1. The van der Waals surface area contributed by atoms with Crippen LogP contribution >= 0.6 is 0 Å². The molecule has 0 spiro atoms. The molecule has 1 amide bonds. The second-order valence-electron chi connectivity index (χ2n) is 5.42. The fourth-order valence-electron chi connectivity index (χ4n) is 2.05. The van der Waals surface area contributed by atoms with Crippen LogP contribution in [0, 0.1) is 5.82 Å². The van der Waals surface area contributed by atoms with Crippen molar-refractivity contribution in [1.29, 1.82) is 0 Å². The van der Waals surface area contributed by atoms with Crippen molar-refractivity contribution in [3.63, 3.8) is 0 Å². The smallest absolute Gasteiger partial charge is 0.344 e. The van der Waals surface area contributed by atoms with Gasteiger partial charge in [-0.1, -0.05) is 25.1 Å². The predicted octanol–water partition coefficient (Wildman–Crippen LogP) is 3.34. The van der Waals surface area contributed by atoms with Gasteiger partial charge in [-0.25, -0.2) is 9.18 Å². The fourth-order valence-corrected chi connectivity index (χ4v) is 2.05. The Morgan fingerprint density at radius 1 is 1.16 bits per heavy atom. The summed E-state index contributed by atoms with van der Waals surface area (Å²) in [4.78, 5) is 23.8. The van der Waals surface area contributed by atoms with E-state index in [0.717, 1.165) is 18.1 Å². The zero-order valence-electron chi connectivity index (χ0n) is 14.1. The number of hydrogen-bond acceptors (Lipinski definition) is 4. The number of carbonyl (C=O) groups is 2. The summed E-state index contributed by atoms with van der Waals surface area (Å²) in [5, 5.41) is 2.67. The van der Waals surface area contributed by atoms with Crippen LogP contribution in [0.5, 0.6) is 5.75 Å². The Morgan fingerprint density at radius 3 is 2.52 bits per heavy atom. The number of amides is 1. The van der Waals surface area contributed by atoms with Crippen molar-refractivity contribution < 1.29 is 23.5 Å². The van der Waals surface area contributed by atoms with E-state index in [-0.39, 0.29) is 5.75 Å². The average Bonchev–Trinajstić information content (AvgIpc) is 2.60. The number of hydrogen-bond donors (Lipinski definition) is 1. The Bertz CT molecular complexity index is 730. The third kappa shape index (κ3) is 5.91. The lowest BCUT2D eigenvalue weighted by Gasteiger charge is -2.14. The highest BCUT2D eigenvalue weighted by molar-refractivity contribution is 5.95. The summed E-state index contributed by atoms with van der Waals surface area (Å²) in [7, 11) is 0. The van der Waals surface area contributed by atoms with Gasteiger partial charge in [0.2, 0.25) is 0 Å². The standard InChI is InChI=1S/C19H20FNO4/c1-3-14-7-9-16(10-8-14)21-19(23)13(2)25-18(22)12-24-17-6-4-5-15(20)11-17/h4-11,13H,3,12H2,1-2H3,(H,21,23)/t13-/m0/s1. The molecule has 0 radical (unpaired) electrons. The van der Waals surface area contributed by atoms with E-state index in [1.165, 1.54) is 25.1 Å². The van der Waals surface area contributed by atoms with Crippen LogP contribution in [-0.4, -0.2) is 24.6 Å². The van der Waals surface area contributed by atoms with E-state index in [1.54, 1.807) is 12.1 Å². The molecule has 0 fully saturated rings. The summed E-state index contributed by atoms with van der Waals surface area (Å²) in [6, 6.07) is 12.8. The second kappa shape index (κ2) is 8.82. The van der Waals surface area contributed by atoms with Gasteiger partial charge in [0.15, 0.2) is 12.7 Å². The van der Waals surface area contributed by atoms with Gasteiger partial charge >= 0.3 is 5.97 Å². The van der Waals surface area contributed by atoms with E-state index in [4.69, 9.17) is 9.47 Å². The van der Waals surface area contributed by atoms with Gasteiger partial charge in [-0.05, 0) is 43.2 Å². The number of esters is 1. The molecule has 2 aromatic carbocycles. The molecule has 0 unspecified atom stereocenters. The Kier molecular flexibility index (Phi) is 6.51. The molecule has 0 heterocycles. The molecule has 0 aliphatic heterocycles. The maximum Gasteiger partial charge on any atom is 0.344 e. The Balaban J connectivity index is 1.80. The number of halogens is 1. The first-order chi connectivity index (χ1) is 12.0. The lowest BCUT2D eigenvalue weighted by atomic mass is 10.1. The van der Waals surface area contributed by atoms with Gasteiger partial charge in [0.05, 0.1) is 0 Å². The minimum atomic E-state index is -0.977. The molecule has 0 saturated heterocycles. The molecule has 1 N–H and O–H groups in total. The molecule has 2 rings (SSSR count). The van der Waals surface area contributed by atoms with Crippen molar-refractivity contribution in [2.45, 2.75) is 26.4 Å². The van der Waals surface area contributed by atoms with Gasteiger partial charge in [0.25, 0.3) is 5.91 Å². The quantitative estimate of drug-likeness (QED) is 0.782. The molecule has 132 valence electrons. The SMILES string of the molecule is CCc1ccc(NC(=O)[C@H](C)OC(=O)COc2cccc(F)c2)cc1. The Hall–Kier alpha value is -2.89. The molecule has 0 aromatic heterocycles. The van der Waals surface area contributed by atoms with Crippen LogP contribution in [0.2, 0.25) is 0 Å². The number of aryl methyl sites for hydroxylation is 1. The van der Waals surface area contributed by atoms with Crippen LogP contribution in [0.3, 0.4) is 0 Å².